The molecule has 0 saturated heterocycles. The van der Waals surface area contributed by atoms with Crippen molar-refractivity contribution < 1.29 is 4.79 Å². The molecule has 19 heavy (non-hydrogen) atoms. The Morgan fingerprint density at radius 2 is 2.05 bits per heavy atom. The second kappa shape index (κ2) is 4.34. The quantitative estimate of drug-likeness (QED) is 0.877. The molecule has 1 N–H and O–H groups in total. The molecule has 1 aromatic heterocycles. The van der Waals surface area contributed by atoms with Crippen LogP contribution < -0.4 is 5.32 Å². The maximum atomic E-state index is 12.3. The molecule has 0 radical (unpaired) electrons. The first kappa shape index (κ1) is 12.0. The SMILES string of the molecule is Cc1ccc(C(=O)NC2CC3CC2C2CCCC32)s1. The predicted molar refractivity (Wildman–Crippen MR) is 77.4 cm³/mol. The fourth-order valence-electron chi connectivity index (χ4n) is 5.03. The van der Waals surface area contributed by atoms with Gasteiger partial charge in [0, 0.05) is 10.9 Å². The predicted octanol–water partition coefficient (Wildman–Crippen LogP) is 3.61. The van der Waals surface area contributed by atoms with E-state index in [9.17, 15) is 4.79 Å². The normalized spacial score (nSPS) is 39.5. The lowest BCUT2D eigenvalue weighted by Gasteiger charge is -2.31. The number of carbonyl (C=O) groups excluding carboxylic acids is 1. The molecule has 3 aliphatic carbocycles. The highest BCUT2D eigenvalue weighted by atomic mass is 32.1. The largest absolute Gasteiger partial charge is 0.348 e. The van der Waals surface area contributed by atoms with Crippen molar-refractivity contribution in [1.82, 2.24) is 5.32 Å². The van der Waals surface area contributed by atoms with Crippen molar-refractivity contribution in [3.63, 3.8) is 0 Å². The van der Waals surface area contributed by atoms with Crippen molar-refractivity contribution in [3.8, 4) is 0 Å². The minimum atomic E-state index is 0.158. The Morgan fingerprint density at radius 1 is 1.21 bits per heavy atom. The van der Waals surface area contributed by atoms with E-state index in [0.29, 0.717) is 6.04 Å². The third kappa shape index (κ3) is 1.85. The molecule has 3 aliphatic rings. The summed E-state index contributed by atoms with van der Waals surface area (Å²) in [6, 6.07) is 4.45. The molecule has 2 bridgehead atoms. The first-order valence-electron chi connectivity index (χ1n) is 7.59. The van der Waals surface area contributed by atoms with Gasteiger partial charge in [-0.2, -0.15) is 0 Å². The number of thiophene rings is 1. The van der Waals surface area contributed by atoms with Crippen LogP contribution in [0.25, 0.3) is 0 Å². The number of rotatable bonds is 2. The summed E-state index contributed by atoms with van der Waals surface area (Å²) in [4.78, 5) is 14.4. The summed E-state index contributed by atoms with van der Waals surface area (Å²) in [5.41, 5.74) is 0. The molecule has 5 unspecified atom stereocenters. The van der Waals surface area contributed by atoms with Gasteiger partial charge in [-0.15, -0.1) is 11.3 Å². The highest BCUT2D eigenvalue weighted by Crippen LogP contribution is 2.58. The Hall–Kier alpha value is -0.830. The summed E-state index contributed by atoms with van der Waals surface area (Å²) < 4.78 is 0. The van der Waals surface area contributed by atoms with Gasteiger partial charge in [0.05, 0.1) is 4.88 Å². The van der Waals surface area contributed by atoms with Gasteiger partial charge >= 0.3 is 0 Å². The van der Waals surface area contributed by atoms with Crippen LogP contribution in [0.15, 0.2) is 12.1 Å². The van der Waals surface area contributed by atoms with E-state index in [4.69, 9.17) is 0 Å². The summed E-state index contributed by atoms with van der Waals surface area (Å²) in [6.07, 6.45) is 6.91. The molecule has 3 saturated carbocycles. The van der Waals surface area contributed by atoms with E-state index >= 15 is 0 Å². The molecule has 4 rings (SSSR count). The summed E-state index contributed by atoms with van der Waals surface area (Å²) >= 11 is 1.61. The van der Waals surface area contributed by atoms with Crippen molar-refractivity contribution >= 4 is 17.2 Å². The zero-order valence-electron chi connectivity index (χ0n) is 11.4. The maximum absolute atomic E-state index is 12.3. The number of nitrogens with one attached hydrogen (secondary N) is 1. The third-order valence-electron chi connectivity index (χ3n) is 5.71. The Morgan fingerprint density at radius 3 is 2.84 bits per heavy atom. The zero-order chi connectivity index (χ0) is 13.0. The standard InChI is InChI=1S/C16H21NOS/c1-9-5-6-15(19-9)16(18)17-14-8-10-7-13(14)12-4-2-3-11(10)12/h5-6,10-14H,2-4,7-8H2,1H3,(H,17,18). The van der Waals surface area contributed by atoms with Crippen LogP contribution >= 0.6 is 11.3 Å². The number of aryl methyl sites for hydroxylation is 1. The highest BCUT2D eigenvalue weighted by Gasteiger charge is 2.54. The molecule has 3 heteroatoms. The molecule has 0 aliphatic heterocycles. The molecule has 2 nitrogen and oxygen atoms in total. The van der Waals surface area contributed by atoms with E-state index in [2.05, 4.69) is 12.2 Å². The van der Waals surface area contributed by atoms with Crippen LogP contribution in [0.3, 0.4) is 0 Å². The van der Waals surface area contributed by atoms with Crippen molar-refractivity contribution in [1.29, 1.82) is 0 Å². The summed E-state index contributed by atoms with van der Waals surface area (Å²) in [7, 11) is 0. The highest BCUT2D eigenvalue weighted by molar-refractivity contribution is 7.13. The fourth-order valence-corrected chi connectivity index (χ4v) is 5.80. The fraction of sp³-hybridized carbons (Fsp3) is 0.688. The van der Waals surface area contributed by atoms with Crippen LogP contribution in [-0.2, 0) is 0 Å². The van der Waals surface area contributed by atoms with Crippen LogP contribution in [-0.4, -0.2) is 11.9 Å². The Bertz CT molecular complexity index is 509. The van der Waals surface area contributed by atoms with Crippen molar-refractivity contribution in [2.75, 3.05) is 0 Å². The van der Waals surface area contributed by atoms with E-state index < -0.39 is 0 Å². The average Bonchev–Trinajstić information content (AvgIpc) is 3.08. The molecule has 3 fully saturated rings. The summed E-state index contributed by atoms with van der Waals surface area (Å²) in [5, 5.41) is 3.32. The first-order valence-corrected chi connectivity index (χ1v) is 8.41. The van der Waals surface area contributed by atoms with Crippen LogP contribution in [0.4, 0.5) is 0 Å². The van der Waals surface area contributed by atoms with Crippen molar-refractivity contribution in [3.05, 3.63) is 21.9 Å². The minimum absolute atomic E-state index is 0.158. The van der Waals surface area contributed by atoms with Gasteiger partial charge in [-0.25, -0.2) is 0 Å². The van der Waals surface area contributed by atoms with Gasteiger partial charge in [-0.3, -0.25) is 4.79 Å². The zero-order valence-corrected chi connectivity index (χ0v) is 12.2. The monoisotopic (exact) mass is 275 g/mol. The number of hydrogen-bond acceptors (Lipinski definition) is 2. The van der Waals surface area contributed by atoms with Gasteiger partial charge in [-0.05, 0) is 68.4 Å². The molecule has 1 aromatic rings. The Balaban J connectivity index is 1.46. The van der Waals surface area contributed by atoms with E-state index in [1.165, 1.54) is 37.0 Å². The van der Waals surface area contributed by atoms with Crippen molar-refractivity contribution in [2.24, 2.45) is 23.7 Å². The molecular formula is C16H21NOS. The van der Waals surface area contributed by atoms with Crippen molar-refractivity contribution in [2.45, 2.75) is 45.1 Å². The molecule has 1 heterocycles. The lowest BCUT2D eigenvalue weighted by atomic mass is 9.79. The van der Waals surface area contributed by atoms with Crippen LogP contribution in [0, 0.1) is 30.6 Å². The molecule has 1 amide bonds. The number of amides is 1. The van der Waals surface area contributed by atoms with Gasteiger partial charge in [0.2, 0.25) is 0 Å². The first-order chi connectivity index (χ1) is 9.22. The lowest BCUT2D eigenvalue weighted by Crippen LogP contribution is -2.42. The van der Waals surface area contributed by atoms with Gasteiger partial charge in [0.25, 0.3) is 5.91 Å². The second-order valence-corrected chi connectivity index (χ2v) is 7.93. The lowest BCUT2D eigenvalue weighted by molar-refractivity contribution is 0.0905. The van der Waals surface area contributed by atoms with E-state index in [1.807, 2.05) is 12.1 Å². The molecule has 0 spiro atoms. The van der Waals surface area contributed by atoms with Crippen LogP contribution in [0.5, 0.6) is 0 Å². The minimum Gasteiger partial charge on any atom is -0.348 e. The molecule has 0 aromatic carbocycles. The number of fused-ring (bicyclic) bond motifs is 5. The second-order valence-electron chi connectivity index (χ2n) is 6.64. The molecule has 102 valence electrons. The summed E-state index contributed by atoms with van der Waals surface area (Å²) in [5.74, 6) is 3.77. The maximum Gasteiger partial charge on any atom is 0.261 e. The number of carbonyl (C=O) groups is 1. The number of hydrogen-bond donors (Lipinski definition) is 1. The summed E-state index contributed by atoms with van der Waals surface area (Å²) in [6.45, 7) is 2.06. The van der Waals surface area contributed by atoms with Gasteiger partial charge < -0.3 is 5.32 Å². The average molecular weight is 275 g/mol. The van der Waals surface area contributed by atoms with E-state index in [1.54, 1.807) is 11.3 Å². The van der Waals surface area contributed by atoms with Crippen LogP contribution in [0.2, 0.25) is 0 Å². The molecular weight excluding hydrogens is 254 g/mol. The van der Waals surface area contributed by atoms with Crippen LogP contribution in [0.1, 0.15) is 46.7 Å². The Labute approximate surface area is 118 Å². The van der Waals surface area contributed by atoms with Gasteiger partial charge in [-0.1, -0.05) is 6.42 Å². The third-order valence-corrected chi connectivity index (χ3v) is 6.71. The molecule has 5 atom stereocenters. The smallest absolute Gasteiger partial charge is 0.261 e. The van der Waals surface area contributed by atoms with Gasteiger partial charge in [0.15, 0.2) is 0 Å². The topological polar surface area (TPSA) is 29.1 Å². The van der Waals surface area contributed by atoms with E-state index in [0.717, 1.165) is 28.5 Å². The Kier molecular flexibility index (Phi) is 2.73. The van der Waals surface area contributed by atoms with E-state index in [-0.39, 0.29) is 5.91 Å². The van der Waals surface area contributed by atoms with Gasteiger partial charge in [0.1, 0.15) is 0 Å².